The Hall–Kier alpha value is -2.78. The Balaban J connectivity index is 2.07. The summed E-state index contributed by atoms with van der Waals surface area (Å²) in [7, 11) is 0. The Bertz CT molecular complexity index is 953. The molecule has 120 valence electrons. The molecule has 0 amide bonds. The number of hydrogen-bond donors (Lipinski definition) is 1. The van der Waals surface area contributed by atoms with E-state index in [-0.39, 0.29) is 0 Å². The molecule has 24 heavy (non-hydrogen) atoms. The fourth-order valence-electron chi connectivity index (χ4n) is 2.34. The molecule has 5 nitrogen and oxygen atoms in total. The largest absolute Gasteiger partial charge is 0.480 e. The molecule has 3 rings (SSSR count). The van der Waals surface area contributed by atoms with Gasteiger partial charge >= 0.3 is 5.97 Å². The first-order chi connectivity index (χ1) is 11.4. The van der Waals surface area contributed by atoms with Gasteiger partial charge in [0.05, 0.1) is 22.2 Å². The van der Waals surface area contributed by atoms with Crippen molar-refractivity contribution in [1.82, 2.24) is 9.38 Å². The second-order valence-electron chi connectivity index (χ2n) is 5.81. The molecule has 0 aliphatic carbocycles. The quantitative estimate of drug-likeness (QED) is 0.732. The zero-order valence-corrected chi connectivity index (χ0v) is 14.0. The van der Waals surface area contributed by atoms with Crippen molar-refractivity contribution in [2.75, 3.05) is 0 Å². The maximum atomic E-state index is 11.4. The molecule has 3 aromatic rings. The van der Waals surface area contributed by atoms with Crippen molar-refractivity contribution in [2.45, 2.75) is 23.5 Å². The standard InChI is InChI=1S/C18H15N3O2S/c1-18(2,17(22)23)24-15-8-7-14(21-10-9-20-16(15)21)13-5-3-12(11-19)4-6-13/h3-10H,1-2H3,(H,22,23). The smallest absolute Gasteiger partial charge is 0.319 e. The van der Waals surface area contributed by atoms with Gasteiger partial charge in [-0.15, -0.1) is 11.8 Å². The molecule has 0 unspecified atom stereocenters. The predicted octanol–water partition coefficient (Wildman–Crippen LogP) is 3.83. The van der Waals surface area contributed by atoms with Crippen LogP contribution in [0.1, 0.15) is 19.4 Å². The number of aromatic nitrogens is 2. The number of nitriles is 1. The lowest BCUT2D eigenvalue weighted by atomic mass is 10.1. The third-order valence-electron chi connectivity index (χ3n) is 3.70. The molecule has 0 atom stereocenters. The Morgan fingerprint density at radius 3 is 2.58 bits per heavy atom. The van der Waals surface area contributed by atoms with Gasteiger partial charge in [0.1, 0.15) is 4.75 Å². The van der Waals surface area contributed by atoms with Crippen LogP contribution in [-0.4, -0.2) is 25.2 Å². The number of benzene rings is 1. The first kappa shape index (κ1) is 16.1. The average molecular weight is 337 g/mol. The van der Waals surface area contributed by atoms with Crippen molar-refractivity contribution < 1.29 is 9.90 Å². The van der Waals surface area contributed by atoms with E-state index in [1.54, 1.807) is 32.2 Å². The van der Waals surface area contributed by atoms with E-state index in [9.17, 15) is 9.90 Å². The first-order valence-corrected chi connectivity index (χ1v) is 8.13. The summed E-state index contributed by atoms with van der Waals surface area (Å²) in [4.78, 5) is 16.6. The van der Waals surface area contributed by atoms with Crippen LogP contribution in [0, 0.1) is 11.3 Å². The lowest BCUT2D eigenvalue weighted by Gasteiger charge is -2.19. The molecule has 0 bridgehead atoms. The average Bonchev–Trinajstić information content (AvgIpc) is 3.05. The SMILES string of the molecule is CC(C)(Sc1ccc(-c2ccc(C#N)cc2)n2ccnc12)C(=O)O. The fourth-order valence-corrected chi connectivity index (χ4v) is 3.35. The van der Waals surface area contributed by atoms with Gasteiger partial charge in [0.15, 0.2) is 5.65 Å². The van der Waals surface area contributed by atoms with E-state index in [1.165, 1.54) is 11.8 Å². The molecular weight excluding hydrogens is 322 g/mol. The lowest BCUT2D eigenvalue weighted by molar-refractivity contribution is -0.138. The van der Waals surface area contributed by atoms with Gasteiger partial charge in [0.25, 0.3) is 0 Å². The molecule has 1 N–H and O–H groups in total. The highest BCUT2D eigenvalue weighted by Crippen LogP contribution is 2.36. The minimum Gasteiger partial charge on any atom is -0.480 e. The Kier molecular flexibility index (Phi) is 4.04. The third-order valence-corrected chi connectivity index (χ3v) is 4.93. The molecule has 2 heterocycles. The molecule has 0 fully saturated rings. The molecule has 0 saturated carbocycles. The number of thioether (sulfide) groups is 1. The predicted molar refractivity (Wildman–Crippen MR) is 92.9 cm³/mol. The number of hydrogen-bond acceptors (Lipinski definition) is 4. The zero-order chi connectivity index (χ0) is 17.3. The summed E-state index contributed by atoms with van der Waals surface area (Å²) in [6.07, 6.45) is 3.54. The van der Waals surface area contributed by atoms with Gasteiger partial charge in [-0.05, 0) is 43.7 Å². The molecule has 0 spiro atoms. The van der Waals surface area contributed by atoms with Crippen molar-refractivity contribution in [1.29, 1.82) is 5.26 Å². The second kappa shape index (κ2) is 6.02. The first-order valence-electron chi connectivity index (χ1n) is 7.31. The number of carbonyl (C=O) groups is 1. The Labute approximate surface area is 143 Å². The van der Waals surface area contributed by atoms with Crippen molar-refractivity contribution >= 4 is 23.4 Å². The summed E-state index contributed by atoms with van der Waals surface area (Å²) in [6, 6.07) is 13.3. The molecule has 2 aromatic heterocycles. The van der Waals surface area contributed by atoms with Gasteiger partial charge in [0, 0.05) is 12.4 Å². The number of imidazole rings is 1. The number of aliphatic carboxylic acids is 1. The van der Waals surface area contributed by atoms with E-state index < -0.39 is 10.7 Å². The van der Waals surface area contributed by atoms with Gasteiger partial charge in [0.2, 0.25) is 0 Å². The Morgan fingerprint density at radius 1 is 1.25 bits per heavy atom. The van der Waals surface area contributed by atoms with Crippen LogP contribution in [0.4, 0.5) is 0 Å². The summed E-state index contributed by atoms with van der Waals surface area (Å²) < 4.78 is 0.990. The van der Waals surface area contributed by atoms with Gasteiger partial charge in [-0.3, -0.25) is 9.20 Å². The van der Waals surface area contributed by atoms with Crippen LogP contribution in [0.3, 0.4) is 0 Å². The molecular formula is C18H15N3O2S. The lowest BCUT2D eigenvalue weighted by Crippen LogP contribution is -2.27. The van der Waals surface area contributed by atoms with Crippen LogP contribution in [0.25, 0.3) is 16.9 Å². The van der Waals surface area contributed by atoms with Crippen molar-refractivity contribution in [2.24, 2.45) is 0 Å². The number of rotatable bonds is 4. The topological polar surface area (TPSA) is 78.4 Å². The van der Waals surface area contributed by atoms with Crippen molar-refractivity contribution in [3.8, 4) is 17.3 Å². The van der Waals surface area contributed by atoms with Gasteiger partial charge in [-0.1, -0.05) is 12.1 Å². The van der Waals surface area contributed by atoms with Gasteiger partial charge < -0.3 is 5.11 Å². The van der Waals surface area contributed by atoms with E-state index in [1.807, 2.05) is 34.9 Å². The van der Waals surface area contributed by atoms with E-state index in [0.29, 0.717) is 5.56 Å². The van der Waals surface area contributed by atoms with Crippen LogP contribution in [-0.2, 0) is 4.79 Å². The number of pyridine rings is 1. The number of fused-ring (bicyclic) bond motifs is 1. The van der Waals surface area contributed by atoms with E-state index >= 15 is 0 Å². The van der Waals surface area contributed by atoms with E-state index in [4.69, 9.17) is 5.26 Å². The normalized spacial score (nSPS) is 11.4. The summed E-state index contributed by atoms with van der Waals surface area (Å²) in [5, 5.41) is 18.2. The summed E-state index contributed by atoms with van der Waals surface area (Å²) in [6.45, 7) is 3.35. The highest BCUT2D eigenvalue weighted by Gasteiger charge is 2.29. The van der Waals surface area contributed by atoms with Crippen LogP contribution in [0.15, 0.2) is 53.7 Å². The van der Waals surface area contributed by atoms with Crippen molar-refractivity contribution in [3.63, 3.8) is 0 Å². The van der Waals surface area contributed by atoms with Crippen LogP contribution >= 0.6 is 11.8 Å². The van der Waals surface area contributed by atoms with Gasteiger partial charge in [-0.25, -0.2) is 4.98 Å². The number of nitrogens with zero attached hydrogens (tertiary/aromatic N) is 3. The van der Waals surface area contributed by atoms with Crippen LogP contribution < -0.4 is 0 Å². The highest BCUT2D eigenvalue weighted by atomic mass is 32.2. The maximum absolute atomic E-state index is 11.4. The minimum absolute atomic E-state index is 0.607. The fraction of sp³-hybridized carbons (Fsp3) is 0.167. The molecule has 6 heteroatoms. The third kappa shape index (κ3) is 2.86. The number of carboxylic acid groups (broad SMARTS) is 1. The molecule has 1 aromatic carbocycles. The molecule has 0 aliphatic heterocycles. The molecule has 0 aliphatic rings. The summed E-state index contributed by atoms with van der Waals surface area (Å²) in [5.41, 5.74) is 3.22. The maximum Gasteiger partial charge on any atom is 0.319 e. The second-order valence-corrected chi connectivity index (χ2v) is 7.47. The van der Waals surface area contributed by atoms with Crippen molar-refractivity contribution in [3.05, 3.63) is 54.4 Å². The van der Waals surface area contributed by atoms with Gasteiger partial charge in [-0.2, -0.15) is 5.26 Å². The Morgan fingerprint density at radius 2 is 1.96 bits per heavy atom. The van der Waals surface area contributed by atoms with Crippen LogP contribution in [0.5, 0.6) is 0 Å². The number of carboxylic acids is 1. The summed E-state index contributed by atoms with van der Waals surface area (Å²) >= 11 is 1.27. The van der Waals surface area contributed by atoms with E-state index in [0.717, 1.165) is 21.8 Å². The van der Waals surface area contributed by atoms with E-state index in [2.05, 4.69) is 11.1 Å². The minimum atomic E-state index is -0.942. The highest BCUT2D eigenvalue weighted by molar-refractivity contribution is 8.01. The molecule has 0 saturated heterocycles. The monoisotopic (exact) mass is 337 g/mol. The van der Waals surface area contributed by atoms with Crippen LogP contribution in [0.2, 0.25) is 0 Å². The molecule has 0 radical (unpaired) electrons. The zero-order valence-electron chi connectivity index (χ0n) is 13.2. The summed E-state index contributed by atoms with van der Waals surface area (Å²) in [5.74, 6) is -0.867.